The van der Waals surface area contributed by atoms with Gasteiger partial charge in [0, 0.05) is 0 Å². The normalized spacial score (nSPS) is 11.1. The number of ether oxygens (including phenoxy) is 1. The molecule has 0 saturated carbocycles. The van der Waals surface area contributed by atoms with Crippen LogP contribution in [0.25, 0.3) is 0 Å². The summed E-state index contributed by atoms with van der Waals surface area (Å²) in [5, 5.41) is 7.10. The molecule has 0 unspecified atom stereocenters. The zero-order chi connectivity index (χ0) is 11.6. The summed E-state index contributed by atoms with van der Waals surface area (Å²) in [6.07, 6.45) is 0. The first-order valence-corrected chi connectivity index (χ1v) is 5.15. The number of aromatic amines is 1. The summed E-state index contributed by atoms with van der Waals surface area (Å²) < 4.78 is 4.78. The van der Waals surface area contributed by atoms with Gasteiger partial charge in [0.05, 0.1) is 18.5 Å². The van der Waals surface area contributed by atoms with Crippen LogP contribution in [0.1, 0.15) is 61.3 Å². The van der Waals surface area contributed by atoms with Gasteiger partial charge in [-0.3, -0.25) is 5.10 Å². The molecule has 0 aliphatic heterocycles. The lowest BCUT2D eigenvalue weighted by Gasteiger charge is -2.07. The molecule has 0 radical (unpaired) electrons. The highest BCUT2D eigenvalue weighted by Gasteiger charge is 2.24. The fourth-order valence-electron chi connectivity index (χ4n) is 1.52. The third kappa shape index (κ3) is 2.19. The lowest BCUT2D eigenvalue weighted by Crippen LogP contribution is -2.08. The fraction of sp³-hybridized carbons (Fsp3) is 0.636. The molecule has 1 aromatic heterocycles. The maximum absolute atomic E-state index is 11.6. The van der Waals surface area contributed by atoms with Crippen molar-refractivity contribution in [2.75, 3.05) is 7.11 Å². The Morgan fingerprint density at radius 3 is 2.27 bits per heavy atom. The molecule has 0 aliphatic carbocycles. The predicted octanol–water partition coefficient (Wildman–Crippen LogP) is 2.44. The summed E-state index contributed by atoms with van der Waals surface area (Å²) >= 11 is 0. The molecule has 0 saturated heterocycles. The average molecular weight is 210 g/mol. The summed E-state index contributed by atoms with van der Waals surface area (Å²) in [4.78, 5) is 11.6. The highest BCUT2D eigenvalue weighted by Crippen LogP contribution is 2.25. The quantitative estimate of drug-likeness (QED) is 0.779. The van der Waals surface area contributed by atoms with E-state index < -0.39 is 0 Å². The van der Waals surface area contributed by atoms with Gasteiger partial charge in [-0.1, -0.05) is 27.7 Å². The van der Waals surface area contributed by atoms with E-state index in [1.165, 1.54) is 7.11 Å². The second-order valence-corrected chi connectivity index (χ2v) is 4.20. The van der Waals surface area contributed by atoms with Crippen molar-refractivity contribution in [3.05, 3.63) is 17.0 Å². The third-order valence-electron chi connectivity index (χ3n) is 2.34. The van der Waals surface area contributed by atoms with E-state index >= 15 is 0 Å². The van der Waals surface area contributed by atoms with Crippen LogP contribution < -0.4 is 0 Å². The second kappa shape index (κ2) is 4.47. The molecule has 1 aromatic rings. The first-order chi connectivity index (χ1) is 6.99. The number of nitrogens with zero attached hydrogens (tertiary/aromatic N) is 1. The van der Waals surface area contributed by atoms with Crippen LogP contribution in [-0.2, 0) is 4.74 Å². The number of hydrogen-bond donors (Lipinski definition) is 1. The largest absolute Gasteiger partial charge is 0.465 e. The van der Waals surface area contributed by atoms with Gasteiger partial charge in [0.25, 0.3) is 0 Å². The summed E-state index contributed by atoms with van der Waals surface area (Å²) in [5.41, 5.74) is 2.23. The number of nitrogens with one attached hydrogen (secondary N) is 1. The van der Waals surface area contributed by atoms with E-state index in [1.807, 2.05) is 27.7 Å². The molecule has 0 fully saturated rings. The molecule has 1 rings (SSSR count). The van der Waals surface area contributed by atoms with Crippen molar-refractivity contribution in [2.45, 2.75) is 39.5 Å². The summed E-state index contributed by atoms with van der Waals surface area (Å²) in [6, 6.07) is 0. The van der Waals surface area contributed by atoms with Crippen LogP contribution in [0.3, 0.4) is 0 Å². The zero-order valence-corrected chi connectivity index (χ0v) is 9.92. The number of aromatic nitrogens is 2. The molecule has 0 spiro atoms. The topological polar surface area (TPSA) is 55.0 Å². The number of methoxy groups -OCH3 is 1. The fourth-order valence-corrected chi connectivity index (χ4v) is 1.52. The highest BCUT2D eigenvalue weighted by atomic mass is 16.5. The number of hydrogen-bond acceptors (Lipinski definition) is 3. The van der Waals surface area contributed by atoms with E-state index in [4.69, 9.17) is 4.74 Å². The van der Waals surface area contributed by atoms with Crippen molar-refractivity contribution in [3.63, 3.8) is 0 Å². The monoisotopic (exact) mass is 210 g/mol. The Morgan fingerprint density at radius 1 is 1.27 bits per heavy atom. The Kier molecular flexibility index (Phi) is 3.50. The van der Waals surface area contributed by atoms with Crippen molar-refractivity contribution in [1.82, 2.24) is 10.2 Å². The number of carbonyl (C=O) groups excluding carboxylic acids is 1. The lowest BCUT2D eigenvalue weighted by atomic mass is 9.99. The van der Waals surface area contributed by atoms with Crippen LogP contribution in [0.5, 0.6) is 0 Å². The van der Waals surface area contributed by atoms with Crippen molar-refractivity contribution in [3.8, 4) is 0 Å². The molecule has 1 heterocycles. The summed E-state index contributed by atoms with van der Waals surface area (Å²) in [5.74, 6) is 0.137. The van der Waals surface area contributed by atoms with E-state index in [0.717, 1.165) is 11.4 Å². The molecule has 0 amide bonds. The standard InChI is InChI=1S/C11H18N2O2/c1-6(2)9-8(11(14)15-5)10(7(3)4)13-12-9/h6-7H,1-5H3,(H,12,13). The second-order valence-electron chi connectivity index (χ2n) is 4.20. The molecule has 1 N–H and O–H groups in total. The van der Waals surface area contributed by atoms with Gasteiger partial charge in [0.1, 0.15) is 5.56 Å². The van der Waals surface area contributed by atoms with E-state index in [0.29, 0.717) is 5.56 Å². The molecule has 84 valence electrons. The number of H-pyrrole nitrogens is 1. The number of carbonyl (C=O) groups is 1. The van der Waals surface area contributed by atoms with Gasteiger partial charge >= 0.3 is 5.97 Å². The first kappa shape index (κ1) is 11.8. The Balaban J connectivity index is 3.26. The van der Waals surface area contributed by atoms with E-state index in [9.17, 15) is 4.79 Å². The Bertz CT molecular complexity index is 328. The van der Waals surface area contributed by atoms with Gasteiger partial charge in [-0.25, -0.2) is 4.79 Å². The van der Waals surface area contributed by atoms with Gasteiger partial charge in [-0.2, -0.15) is 5.10 Å². The SMILES string of the molecule is COC(=O)c1c(C(C)C)n[nH]c1C(C)C. The van der Waals surface area contributed by atoms with Crippen LogP contribution >= 0.6 is 0 Å². The van der Waals surface area contributed by atoms with Crippen LogP contribution in [0.15, 0.2) is 0 Å². The summed E-state index contributed by atoms with van der Waals surface area (Å²) in [6.45, 7) is 8.05. The van der Waals surface area contributed by atoms with Crippen LogP contribution in [-0.4, -0.2) is 23.3 Å². The van der Waals surface area contributed by atoms with Crippen LogP contribution in [0, 0.1) is 0 Å². The molecule has 0 bridgehead atoms. The molecule has 0 aliphatic rings. The first-order valence-electron chi connectivity index (χ1n) is 5.15. The Morgan fingerprint density at radius 2 is 1.87 bits per heavy atom. The third-order valence-corrected chi connectivity index (χ3v) is 2.34. The number of rotatable bonds is 3. The van der Waals surface area contributed by atoms with Gasteiger partial charge < -0.3 is 4.74 Å². The Hall–Kier alpha value is -1.32. The van der Waals surface area contributed by atoms with Gasteiger partial charge in [-0.05, 0) is 11.8 Å². The molecular weight excluding hydrogens is 192 g/mol. The van der Waals surface area contributed by atoms with Gasteiger partial charge in [0.2, 0.25) is 0 Å². The molecule has 0 aromatic carbocycles. The summed E-state index contributed by atoms with van der Waals surface area (Å²) in [7, 11) is 1.39. The van der Waals surface area contributed by atoms with Crippen molar-refractivity contribution in [1.29, 1.82) is 0 Å². The minimum atomic E-state index is -0.309. The maximum Gasteiger partial charge on any atom is 0.341 e. The average Bonchev–Trinajstić information content (AvgIpc) is 2.60. The van der Waals surface area contributed by atoms with E-state index in [2.05, 4.69) is 10.2 Å². The van der Waals surface area contributed by atoms with E-state index in [1.54, 1.807) is 0 Å². The minimum absolute atomic E-state index is 0.211. The van der Waals surface area contributed by atoms with Crippen LogP contribution in [0.4, 0.5) is 0 Å². The predicted molar refractivity (Wildman–Crippen MR) is 58.1 cm³/mol. The minimum Gasteiger partial charge on any atom is -0.465 e. The van der Waals surface area contributed by atoms with Crippen molar-refractivity contribution < 1.29 is 9.53 Å². The van der Waals surface area contributed by atoms with Crippen molar-refractivity contribution >= 4 is 5.97 Å². The molecule has 0 atom stereocenters. The van der Waals surface area contributed by atoms with Gasteiger partial charge in [0.15, 0.2) is 0 Å². The molecular formula is C11H18N2O2. The highest BCUT2D eigenvalue weighted by molar-refractivity contribution is 5.92. The number of esters is 1. The molecule has 4 nitrogen and oxygen atoms in total. The molecule has 4 heteroatoms. The van der Waals surface area contributed by atoms with E-state index in [-0.39, 0.29) is 17.8 Å². The maximum atomic E-state index is 11.6. The zero-order valence-electron chi connectivity index (χ0n) is 9.92. The lowest BCUT2D eigenvalue weighted by molar-refractivity contribution is 0.0597. The van der Waals surface area contributed by atoms with Gasteiger partial charge in [-0.15, -0.1) is 0 Å². The van der Waals surface area contributed by atoms with Crippen LogP contribution in [0.2, 0.25) is 0 Å². The Labute approximate surface area is 90.0 Å². The smallest absolute Gasteiger partial charge is 0.341 e. The van der Waals surface area contributed by atoms with Crippen molar-refractivity contribution in [2.24, 2.45) is 0 Å². The molecule has 15 heavy (non-hydrogen) atoms.